The van der Waals surface area contributed by atoms with Crippen molar-refractivity contribution in [3.8, 4) is 0 Å². The first-order valence-electron chi connectivity index (χ1n) is 12.2. The van der Waals surface area contributed by atoms with Crippen molar-refractivity contribution in [3.05, 3.63) is 88.6 Å². The summed E-state index contributed by atoms with van der Waals surface area (Å²) < 4.78 is 29.1. The van der Waals surface area contributed by atoms with Gasteiger partial charge in [0, 0.05) is 34.1 Å². The highest BCUT2D eigenvalue weighted by Crippen LogP contribution is 2.33. The number of Topliss-reactive ketones (excluding diaryl/α,β-unsaturated/α-hetero) is 1. The molecule has 2 heterocycles. The van der Waals surface area contributed by atoms with Crippen LogP contribution in [0.4, 0.5) is 5.69 Å². The number of aromatic nitrogens is 2. The smallest absolute Gasteiger partial charge is 0.324 e. The summed E-state index contributed by atoms with van der Waals surface area (Å²) in [6.45, 7) is 0.959. The van der Waals surface area contributed by atoms with Crippen LogP contribution in [0.15, 0.2) is 71.1 Å². The topological polar surface area (TPSA) is 170 Å². The zero-order valence-corrected chi connectivity index (χ0v) is 24.2. The fourth-order valence-electron chi connectivity index (χ4n) is 4.69. The Morgan fingerprint density at radius 3 is 2.54 bits per heavy atom. The number of anilines is 1. The van der Waals surface area contributed by atoms with Gasteiger partial charge in [-0.2, -0.15) is 0 Å². The number of carboxylic acid groups (broad SMARTS) is 1. The third kappa shape index (κ3) is 5.80. The van der Waals surface area contributed by atoms with E-state index in [1.165, 1.54) is 35.0 Å². The summed E-state index contributed by atoms with van der Waals surface area (Å²) in [6.07, 6.45) is 0.653. The number of carbonyl (C=O) groups is 2. The summed E-state index contributed by atoms with van der Waals surface area (Å²) in [6, 6.07) is 16.5. The number of halogens is 1. The maximum atomic E-state index is 13.8. The maximum Gasteiger partial charge on any atom is 0.324 e. The van der Waals surface area contributed by atoms with E-state index in [1.54, 1.807) is 37.3 Å². The van der Waals surface area contributed by atoms with Crippen LogP contribution in [0.5, 0.6) is 0 Å². The van der Waals surface area contributed by atoms with E-state index in [9.17, 15) is 23.1 Å². The van der Waals surface area contributed by atoms with Crippen LogP contribution in [0.3, 0.4) is 0 Å². The second kappa shape index (κ2) is 11.7. The first-order chi connectivity index (χ1) is 19.1. The number of nitrogens with one attached hydrogen (secondary N) is 2. The van der Waals surface area contributed by atoms with Crippen molar-refractivity contribution in [2.75, 3.05) is 10.8 Å². The van der Waals surface area contributed by atoms with Crippen molar-refractivity contribution in [1.82, 2.24) is 9.97 Å². The second-order valence-electron chi connectivity index (χ2n) is 9.25. The van der Waals surface area contributed by atoms with Crippen molar-refractivity contribution in [2.24, 2.45) is 5.73 Å². The largest absolute Gasteiger partial charge is 0.480 e. The van der Waals surface area contributed by atoms with E-state index < -0.39 is 22.5 Å². The standard InChI is InChI=1S/C28H25N5O5S2.ClH/c1-16-26(22(34)12-7-17-5-8-18(9-6-17)28(29)30)20-13-19(10-11-21(20)32-16)33(14-25(35)36)40(37,38)24-4-2-3-23-27(24)31-15-39-23;/h2-6,8-11,13,15,32H,7,12,14H2,1H3,(H3,29,30)(H,35,36);1H. The summed E-state index contributed by atoms with van der Waals surface area (Å²) >= 11 is 1.29. The molecule has 0 saturated carbocycles. The highest BCUT2D eigenvalue weighted by Gasteiger charge is 2.30. The molecule has 10 nitrogen and oxygen atoms in total. The number of aliphatic carboxylic acids is 1. The van der Waals surface area contributed by atoms with Gasteiger partial charge in [0.25, 0.3) is 10.0 Å². The molecular weight excluding hydrogens is 586 g/mol. The van der Waals surface area contributed by atoms with Gasteiger partial charge in [0.1, 0.15) is 22.8 Å². The third-order valence-electron chi connectivity index (χ3n) is 6.61. The van der Waals surface area contributed by atoms with Crippen LogP contribution in [-0.2, 0) is 21.2 Å². The molecule has 5 N–H and O–H groups in total. The highest BCUT2D eigenvalue weighted by atomic mass is 35.5. The molecule has 13 heteroatoms. The number of carboxylic acids is 1. The highest BCUT2D eigenvalue weighted by molar-refractivity contribution is 7.93. The summed E-state index contributed by atoms with van der Waals surface area (Å²) in [5, 5.41) is 17.6. The Labute approximate surface area is 245 Å². The number of rotatable bonds is 10. The van der Waals surface area contributed by atoms with E-state index in [1.807, 2.05) is 12.1 Å². The number of hydrogen-bond donors (Lipinski definition) is 4. The lowest BCUT2D eigenvalue weighted by Gasteiger charge is -2.23. The van der Waals surface area contributed by atoms with Gasteiger partial charge in [0.15, 0.2) is 5.78 Å². The van der Waals surface area contributed by atoms with Gasteiger partial charge in [-0.25, -0.2) is 13.4 Å². The molecule has 0 saturated heterocycles. The minimum atomic E-state index is -4.32. The van der Waals surface area contributed by atoms with Gasteiger partial charge in [0.05, 0.1) is 15.9 Å². The minimum Gasteiger partial charge on any atom is -0.480 e. The van der Waals surface area contributed by atoms with Crippen molar-refractivity contribution in [3.63, 3.8) is 0 Å². The molecule has 2 aromatic heterocycles. The average Bonchev–Trinajstić information content (AvgIpc) is 3.53. The minimum absolute atomic E-state index is 0. The number of para-hydroxylation sites is 1. The van der Waals surface area contributed by atoms with Gasteiger partial charge >= 0.3 is 5.97 Å². The van der Waals surface area contributed by atoms with Crippen LogP contribution < -0.4 is 10.0 Å². The fourth-order valence-corrected chi connectivity index (χ4v) is 7.02. The van der Waals surface area contributed by atoms with E-state index in [-0.39, 0.29) is 46.5 Å². The fraction of sp³-hybridized carbons (Fsp3) is 0.143. The predicted octanol–water partition coefficient (Wildman–Crippen LogP) is 4.89. The third-order valence-corrected chi connectivity index (χ3v) is 9.21. The van der Waals surface area contributed by atoms with Crippen LogP contribution in [0.2, 0.25) is 0 Å². The monoisotopic (exact) mass is 611 g/mol. The summed E-state index contributed by atoms with van der Waals surface area (Å²) in [5.41, 5.74) is 10.6. The number of nitrogens with two attached hydrogens (primary N) is 1. The molecule has 0 aliphatic rings. The molecule has 3 aromatic carbocycles. The lowest BCUT2D eigenvalue weighted by Crippen LogP contribution is -2.35. The zero-order chi connectivity index (χ0) is 28.6. The molecule has 0 unspecified atom stereocenters. The number of sulfonamides is 1. The molecule has 0 fully saturated rings. The number of hydrogen-bond acceptors (Lipinski definition) is 7. The summed E-state index contributed by atoms with van der Waals surface area (Å²) in [4.78, 5) is 32.4. The van der Waals surface area contributed by atoms with E-state index in [4.69, 9.17) is 11.1 Å². The molecule has 212 valence electrons. The number of H-pyrrole nitrogens is 1. The number of fused-ring (bicyclic) bond motifs is 2. The predicted molar refractivity (Wildman–Crippen MR) is 162 cm³/mol. The van der Waals surface area contributed by atoms with E-state index in [2.05, 4.69) is 9.97 Å². The Morgan fingerprint density at radius 2 is 1.85 bits per heavy atom. The van der Waals surface area contributed by atoms with Crippen LogP contribution in [0.25, 0.3) is 21.1 Å². The Kier molecular flexibility index (Phi) is 8.47. The van der Waals surface area contributed by atoms with Crippen molar-refractivity contribution >= 4 is 78.2 Å². The van der Waals surface area contributed by atoms with E-state index in [0.29, 0.717) is 38.8 Å². The van der Waals surface area contributed by atoms with Gasteiger partial charge < -0.3 is 15.8 Å². The quantitative estimate of drug-likeness (QED) is 0.0989. The van der Waals surface area contributed by atoms with Gasteiger partial charge in [-0.1, -0.05) is 30.3 Å². The van der Waals surface area contributed by atoms with Gasteiger partial charge in [-0.3, -0.25) is 19.3 Å². The number of thiazole rings is 1. The first-order valence-corrected chi connectivity index (χ1v) is 14.5. The van der Waals surface area contributed by atoms with Crippen LogP contribution >= 0.6 is 23.7 Å². The molecule has 0 aliphatic carbocycles. The van der Waals surface area contributed by atoms with Crippen LogP contribution in [0.1, 0.15) is 33.6 Å². The summed E-state index contributed by atoms with van der Waals surface area (Å²) in [5.74, 6) is -1.50. The molecule has 41 heavy (non-hydrogen) atoms. The number of amidine groups is 1. The number of aromatic amines is 1. The van der Waals surface area contributed by atoms with Gasteiger partial charge in [0.2, 0.25) is 0 Å². The number of aryl methyl sites for hydroxylation is 2. The Morgan fingerprint density at radius 1 is 1.12 bits per heavy atom. The van der Waals surface area contributed by atoms with Crippen molar-refractivity contribution in [2.45, 2.75) is 24.7 Å². The van der Waals surface area contributed by atoms with Crippen LogP contribution in [0, 0.1) is 12.3 Å². The van der Waals surface area contributed by atoms with Crippen LogP contribution in [-0.4, -0.2) is 47.6 Å². The first kappa shape index (κ1) is 29.7. The Balaban J connectivity index is 0.00000387. The normalized spacial score (nSPS) is 11.3. The molecular formula is C28H26ClN5O5S2. The van der Waals surface area contributed by atoms with Crippen molar-refractivity contribution in [1.29, 1.82) is 5.41 Å². The average molecular weight is 612 g/mol. The second-order valence-corrected chi connectivity index (χ2v) is 12.0. The molecule has 0 amide bonds. The number of ketones is 1. The molecule has 0 spiro atoms. The number of nitrogen functional groups attached to an aromatic ring is 1. The van der Waals surface area contributed by atoms with Crippen molar-refractivity contribution < 1.29 is 23.1 Å². The lowest BCUT2D eigenvalue weighted by molar-refractivity contribution is -0.135. The number of carbonyl (C=O) groups excluding carboxylic acids is 1. The lowest BCUT2D eigenvalue weighted by atomic mass is 9.99. The molecule has 0 aliphatic heterocycles. The number of benzene rings is 3. The molecule has 0 radical (unpaired) electrons. The number of nitrogens with zero attached hydrogens (tertiary/aromatic N) is 2. The molecule has 5 rings (SSSR count). The summed E-state index contributed by atoms with van der Waals surface area (Å²) in [7, 11) is -4.32. The molecule has 5 aromatic rings. The van der Waals surface area contributed by atoms with Gasteiger partial charge in [-0.15, -0.1) is 23.7 Å². The Bertz CT molecular complexity index is 1900. The Hall–Kier alpha value is -4.26. The van der Waals surface area contributed by atoms with E-state index in [0.717, 1.165) is 9.87 Å². The zero-order valence-electron chi connectivity index (χ0n) is 21.7. The van der Waals surface area contributed by atoms with Gasteiger partial charge in [-0.05, 0) is 49.2 Å². The molecule has 0 atom stereocenters. The van der Waals surface area contributed by atoms with E-state index >= 15 is 0 Å². The molecule has 0 bridgehead atoms. The maximum absolute atomic E-state index is 13.8. The SMILES string of the molecule is Cc1[nH]c2ccc(N(CC(=O)O)S(=O)(=O)c3cccc4scnc34)cc2c1C(=O)CCc1ccc(C(=N)N)cc1.Cl.